The van der Waals surface area contributed by atoms with Crippen molar-refractivity contribution in [3.05, 3.63) is 32.9 Å². The fourth-order valence-corrected chi connectivity index (χ4v) is 4.79. The number of anilines is 1. The number of carbonyl (C=O) groups excluding carboxylic acids is 1. The van der Waals surface area contributed by atoms with E-state index >= 15 is 0 Å². The van der Waals surface area contributed by atoms with E-state index in [4.69, 9.17) is 4.52 Å². The summed E-state index contributed by atoms with van der Waals surface area (Å²) in [5, 5.41) is 7.67. The van der Waals surface area contributed by atoms with Gasteiger partial charge >= 0.3 is 0 Å². The molecule has 2 aromatic rings. The van der Waals surface area contributed by atoms with Crippen molar-refractivity contribution in [1.29, 1.82) is 0 Å². The lowest BCUT2D eigenvalue weighted by Gasteiger charge is -2.25. The molecule has 0 saturated heterocycles. The van der Waals surface area contributed by atoms with Gasteiger partial charge in [-0.1, -0.05) is 23.8 Å². The van der Waals surface area contributed by atoms with Crippen molar-refractivity contribution in [2.45, 2.75) is 57.7 Å². The Balaban J connectivity index is 1.54. The fraction of sp³-hybridized carbons (Fsp3) is 0.556. The van der Waals surface area contributed by atoms with Crippen LogP contribution < -0.4 is 10.9 Å². The Morgan fingerprint density at radius 3 is 3.00 bits per heavy atom. The van der Waals surface area contributed by atoms with Crippen molar-refractivity contribution in [1.82, 2.24) is 14.7 Å². The van der Waals surface area contributed by atoms with Crippen LogP contribution in [0.25, 0.3) is 0 Å². The Kier molecular flexibility index (Phi) is 4.60. The van der Waals surface area contributed by atoms with E-state index in [0.29, 0.717) is 29.8 Å². The van der Waals surface area contributed by atoms with Crippen LogP contribution in [0.3, 0.4) is 0 Å². The van der Waals surface area contributed by atoms with E-state index in [0.717, 1.165) is 48.2 Å². The molecule has 3 heterocycles. The molecule has 0 saturated carbocycles. The molecule has 0 bridgehead atoms. The predicted octanol–water partition coefficient (Wildman–Crippen LogP) is 2.34. The zero-order chi connectivity index (χ0) is 18.3. The molecular weight excluding hydrogens is 352 g/mol. The van der Waals surface area contributed by atoms with Gasteiger partial charge in [-0.05, 0) is 39.0 Å². The minimum Gasteiger partial charge on any atom is -0.338 e. The molecular formula is C18H22N4O3S. The van der Waals surface area contributed by atoms with E-state index in [-0.39, 0.29) is 17.4 Å². The number of carbonyl (C=O) groups is 1. The highest BCUT2D eigenvalue weighted by molar-refractivity contribution is 7.99. The third-order valence-corrected chi connectivity index (χ3v) is 6.31. The molecule has 7 nitrogen and oxygen atoms in total. The molecule has 1 aliphatic carbocycles. The maximum atomic E-state index is 12.7. The van der Waals surface area contributed by atoms with Crippen LogP contribution in [0.4, 0.5) is 5.88 Å². The Bertz CT molecular complexity index is 918. The molecule has 0 spiro atoms. The summed E-state index contributed by atoms with van der Waals surface area (Å²) in [7, 11) is 0. The molecule has 2 aliphatic rings. The van der Waals surface area contributed by atoms with Crippen LogP contribution >= 0.6 is 11.8 Å². The van der Waals surface area contributed by atoms with Gasteiger partial charge in [0.05, 0.1) is 11.6 Å². The molecule has 1 amide bonds. The fourth-order valence-electron chi connectivity index (χ4n) is 3.66. The maximum absolute atomic E-state index is 12.7. The minimum absolute atomic E-state index is 0.0305. The number of aromatic nitrogens is 3. The SMILES string of the molecule is CCc1c(C)nc2n(c1=O)CC(C(=O)Nc1onc3c1CCCC3)CS2. The number of amides is 1. The molecule has 0 fully saturated rings. The summed E-state index contributed by atoms with van der Waals surface area (Å²) < 4.78 is 6.99. The normalized spacial score (nSPS) is 18.9. The number of fused-ring (bicyclic) bond motifs is 2. The standard InChI is InChI=1S/C18H22N4O3S/c1-3-12-10(2)19-18-22(17(12)24)8-11(9-26-18)15(23)20-16-13-6-4-5-7-14(13)21-25-16/h11H,3-9H2,1-2H3,(H,20,23). The van der Waals surface area contributed by atoms with E-state index in [1.54, 1.807) is 4.57 Å². The third kappa shape index (κ3) is 2.96. The molecule has 26 heavy (non-hydrogen) atoms. The maximum Gasteiger partial charge on any atom is 0.257 e. The molecule has 2 aromatic heterocycles. The minimum atomic E-state index is -0.302. The third-order valence-electron chi connectivity index (χ3n) is 5.17. The lowest BCUT2D eigenvalue weighted by molar-refractivity contribution is -0.119. The molecule has 0 aromatic carbocycles. The zero-order valence-electron chi connectivity index (χ0n) is 15.0. The molecule has 138 valence electrons. The summed E-state index contributed by atoms with van der Waals surface area (Å²) in [5.41, 5.74) is 3.46. The van der Waals surface area contributed by atoms with E-state index in [1.165, 1.54) is 11.8 Å². The Hall–Kier alpha value is -2.09. The second-order valence-corrected chi connectivity index (χ2v) is 7.86. The number of aryl methyl sites for hydroxylation is 2. The van der Waals surface area contributed by atoms with Gasteiger partial charge < -0.3 is 4.52 Å². The lowest BCUT2D eigenvalue weighted by atomic mass is 9.97. The van der Waals surface area contributed by atoms with Crippen LogP contribution in [0.2, 0.25) is 0 Å². The van der Waals surface area contributed by atoms with Crippen LogP contribution in [-0.2, 0) is 30.6 Å². The highest BCUT2D eigenvalue weighted by Gasteiger charge is 2.30. The van der Waals surface area contributed by atoms with Crippen molar-refractivity contribution >= 4 is 23.6 Å². The largest absolute Gasteiger partial charge is 0.338 e. The van der Waals surface area contributed by atoms with Gasteiger partial charge in [0.1, 0.15) is 0 Å². The Labute approximate surface area is 155 Å². The Morgan fingerprint density at radius 2 is 2.19 bits per heavy atom. The highest BCUT2D eigenvalue weighted by atomic mass is 32.2. The smallest absolute Gasteiger partial charge is 0.257 e. The van der Waals surface area contributed by atoms with E-state index in [9.17, 15) is 9.59 Å². The average Bonchev–Trinajstić information content (AvgIpc) is 3.05. The first kappa shape index (κ1) is 17.3. The summed E-state index contributed by atoms with van der Waals surface area (Å²) in [6, 6.07) is 0. The van der Waals surface area contributed by atoms with Crippen LogP contribution in [0.15, 0.2) is 14.5 Å². The van der Waals surface area contributed by atoms with E-state index in [1.807, 2.05) is 13.8 Å². The molecule has 1 atom stereocenters. The van der Waals surface area contributed by atoms with Crippen molar-refractivity contribution in [2.75, 3.05) is 11.1 Å². The average molecular weight is 374 g/mol. The van der Waals surface area contributed by atoms with Gasteiger partial charge in [-0.3, -0.25) is 19.5 Å². The predicted molar refractivity (Wildman–Crippen MR) is 98.6 cm³/mol. The van der Waals surface area contributed by atoms with Crippen LogP contribution in [0.1, 0.15) is 42.3 Å². The summed E-state index contributed by atoms with van der Waals surface area (Å²) in [6.07, 6.45) is 4.63. The first-order valence-corrected chi connectivity index (χ1v) is 10.1. The van der Waals surface area contributed by atoms with E-state index < -0.39 is 0 Å². The van der Waals surface area contributed by atoms with Gasteiger partial charge in [0.2, 0.25) is 11.8 Å². The summed E-state index contributed by atoms with van der Waals surface area (Å²) in [6.45, 7) is 4.17. The molecule has 1 unspecified atom stereocenters. The van der Waals surface area contributed by atoms with Crippen molar-refractivity contribution in [2.24, 2.45) is 5.92 Å². The first-order valence-electron chi connectivity index (χ1n) is 9.09. The second kappa shape index (κ2) is 6.90. The van der Waals surface area contributed by atoms with Crippen molar-refractivity contribution in [3.63, 3.8) is 0 Å². The summed E-state index contributed by atoms with van der Waals surface area (Å²) >= 11 is 1.46. The van der Waals surface area contributed by atoms with Gasteiger partial charge in [0.15, 0.2) is 5.16 Å². The quantitative estimate of drug-likeness (QED) is 0.830. The highest BCUT2D eigenvalue weighted by Crippen LogP contribution is 2.30. The van der Waals surface area contributed by atoms with Gasteiger partial charge in [-0.15, -0.1) is 0 Å². The van der Waals surface area contributed by atoms with Crippen molar-refractivity contribution < 1.29 is 9.32 Å². The molecule has 1 N–H and O–H groups in total. The number of nitrogens with one attached hydrogen (secondary N) is 1. The number of thioether (sulfide) groups is 1. The lowest BCUT2D eigenvalue weighted by Crippen LogP contribution is -2.38. The second-order valence-electron chi connectivity index (χ2n) is 6.87. The molecule has 4 rings (SSSR count). The van der Waals surface area contributed by atoms with Crippen molar-refractivity contribution in [3.8, 4) is 0 Å². The van der Waals surface area contributed by atoms with Gasteiger partial charge in [0, 0.05) is 29.1 Å². The topological polar surface area (TPSA) is 90.0 Å². The Morgan fingerprint density at radius 1 is 1.38 bits per heavy atom. The van der Waals surface area contributed by atoms with Crippen LogP contribution in [0, 0.1) is 12.8 Å². The molecule has 1 aliphatic heterocycles. The van der Waals surface area contributed by atoms with Gasteiger partial charge in [-0.25, -0.2) is 4.98 Å². The van der Waals surface area contributed by atoms with Crippen LogP contribution in [-0.4, -0.2) is 26.4 Å². The first-order chi connectivity index (χ1) is 12.6. The monoisotopic (exact) mass is 374 g/mol. The zero-order valence-corrected chi connectivity index (χ0v) is 15.8. The number of hydrogen-bond acceptors (Lipinski definition) is 6. The molecule has 8 heteroatoms. The van der Waals surface area contributed by atoms with Gasteiger partial charge in [-0.2, -0.15) is 0 Å². The number of hydrogen-bond donors (Lipinski definition) is 1. The number of rotatable bonds is 3. The van der Waals surface area contributed by atoms with E-state index in [2.05, 4.69) is 15.5 Å². The summed E-state index contributed by atoms with van der Waals surface area (Å²) in [5.74, 6) is 0.644. The molecule has 0 radical (unpaired) electrons. The summed E-state index contributed by atoms with van der Waals surface area (Å²) in [4.78, 5) is 30.0. The van der Waals surface area contributed by atoms with Gasteiger partial charge in [0.25, 0.3) is 5.56 Å². The number of nitrogens with zero attached hydrogens (tertiary/aromatic N) is 3. The van der Waals surface area contributed by atoms with Crippen LogP contribution in [0.5, 0.6) is 0 Å².